The van der Waals surface area contributed by atoms with Crippen molar-refractivity contribution in [2.24, 2.45) is 0 Å². The first-order valence-corrected chi connectivity index (χ1v) is 6.32. The van der Waals surface area contributed by atoms with Crippen LogP contribution in [0, 0.1) is 11.3 Å². The minimum absolute atomic E-state index is 0.128. The first-order chi connectivity index (χ1) is 8.69. The fraction of sp³-hybridized carbons (Fsp3) is 0.769. The Morgan fingerprint density at radius 1 is 1.42 bits per heavy atom. The fourth-order valence-electron chi connectivity index (χ4n) is 1.32. The summed E-state index contributed by atoms with van der Waals surface area (Å²) in [4.78, 5) is 24.5. The number of hydrogen-bond acceptors (Lipinski definition) is 4. The molecule has 2 amide bonds. The third kappa shape index (κ3) is 8.03. The van der Waals surface area contributed by atoms with Crippen LogP contribution in [0.3, 0.4) is 0 Å². The molecule has 1 N–H and O–H groups in total. The molecule has 0 radical (unpaired) electrons. The van der Waals surface area contributed by atoms with Gasteiger partial charge >= 0.3 is 6.09 Å². The first kappa shape index (κ1) is 17.2. The largest absolute Gasteiger partial charge is 0.444 e. The molecule has 0 aromatic heterocycles. The Balaban J connectivity index is 4.26. The van der Waals surface area contributed by atoms with Crippen LogP contribution < -0.4 is 5.32 Å². The lowest BCUT2D eigenvalue weighted by Crippen LogP contribution is -2.43. The summed E-state index contributed by atoms with van der Waals surface area (Å²) in [5.74, 6) is -0.367. The molecule has 0 aliphatic carbocycles. The number of nitrogens with zero attached hydrogens (tertiary/aromatic N) is 2. The van der Waals surface area contributed by atoms with Crippen LogP contribution >= 0.6 is 0 Å². The maximum atomic E-state index is 11.7. The van der Waals surface area contributed by atoms with E-state index in [1.807, 2.05) is 13.0 Å². The number of nitriles is 1. The highest BCUT2D eigenvalue weighted by Gasteiger charge is 2.21. The molecule has 0 aromatic rings. The van der Waals surface area contributed by atoms with Crippen LogP contribution in [0.15, 0.2) is 0 Å². The van der Waals surface area contributed by atoms with Crippen molar-refractivity contribution in [1.29, 1.82) is 5.26 Å². The van der Waals surface area contributed by atoms with Crippen molar-refractivity contribution in [2.45, 2.75) is 52.2 Å². The van der Waals surface area contributed by atoms with E-state index >= 15 is 0 Å². The second-order valence-corrected chi connectivity index (χ2v) is 5.37. The normalized spacial score (nSPS) is 12.2. The molecule has 6 nitrogen and oxygen atoms in total. The van der Waals surface area contributed by atoms with Gasteiger partial charge in [-0.2, -0.15) is 5.26 Å². The third-order valence-electron chi connectivity index (χ3n) is 2.15. The second-order valence-electron chi connectivity index (χ2n) is 5.37. The van der Waals surface area contributed by atoms with Crippen molar-refractivity contribution >= 4 is 12.0 Å². The number of carbonyl (C=O) groups excluding carboxylic acids is 2. The van der Waals surface area contributed by atoms with Crippen LogP contribution in [0.2, 0.25) is 0 Å². The summed E-state index contributed by atoms with van der Waals surface area (Å²) in [6.07, 6.45) is 0.838. The number of ether oxygens (including phenoxy) is 1. The SMILES string of the molecule is CCCC(C#N)NC(=O)CN(C)C(=O)OC(C)(C)C. The number of rotatable bonds is 5. The van der Waals surface area contributed by atoms with E-state index < -0.39 is 17.7 Å². The fourth-order valence-corrected chi connectivity index (χ4v) is 1.32. The van der Waals surface area contributed by atoms with Gasteiger partial charge in [-0.05, 0) is 27.2 Å². The number of amides is 2. The Hall–Kier alpha value is -1.77. The number of hydrogen-bond donors (Lipinski definition) is 1. The summed E-state index contributed by atoms with van der Waals surface area (Å²) in [6, 6.07) is 1.50. The Bertz CT molecular complexity index is 355. The molecule has 0 aliphatic heterocycles. The lowest BCUT2D eigenvalue weighted by molar-refractivity contribution is -0.122. The molecule has 19 heavy (non-hydrogen) atoms. The van der Waals surface area contributed by atoms with Crippen molar-refractivity contribution in [3.8, 4) is 6.07 Å². The molecule has 0 fully saturated rings. The Morgan fingerprint density at radius 2 is 2.00 bits per heavy atom. The van der Waals surface area contributed by atoms with Crippen molar-refractivity contribution in [3.63, 3.8) is 0 Å². The van der Waals surface area contributed by atoms with E-state index in [2.05, 4.69) is 5.32 Å². The summed E-state index contributed by atoms with van der Waals surface area (Å²) >= 11 is 0. The van der Waals surface area contributed by atoms with Gasteiger partial charge in [0.2, 0.25) is 5.91 Å². The summed E-state index contributed by atoms with van der Waals surface area (Å²) in [5.41, 5.74) is -0.598. The van der Waals surface area contributed by atoms with E-state index in [9.17, 15) is 9.59 Å². The molecule has 108 valence electrons. The topological polar surface area (TPSA) is 82.4 Å². The highest BCUT2D eigenvalue weighted by molar-refractivity contribution is 5.82. The van der Waals surface area contributed by atoms with Crippen LogP contribution in [-0.4, -0.2) is 42.1 Å². The van der Waals surface area contributed by atoms with Crippen molar-refractivity contribution in [1.82, 2.24) is 10.2 Å². The molecular formula is C13H23N3O3. The molecular weight excluding hydrogens is 246 g/mol. The smallest absolute Gasteiger partial charge is 0.410 e. The van der Waals surface area contributed by atoms with Gasteiger partial charge in [0, 0.05) is 7.05 Å². The maximum absolute atomic E-state index is 11.7. The highest BCUT2D eigenvalue weighted by atomic mass is 16.6. The van der Waals surface area contributed by atoms with E-state index in [-0.39, 0.29) is 12.5 Å². The summed E-state index contributed by atoms with van der Waals surface area (Å²) in [7, 11) is 1.48. The quantitative estimate of drug-likeness (QED) is 0.822. The number of likely N-dealkylation sites (N-methyl/N-ethyl adjacent to an activating group) is 1. The first-order valence-electron chi connectivity index (χ1n) is 6.32. The summed E-state index contributed by atoms with van der Waals surface area (Å²) in [5, 5.41) is 11.4. The predicted octanol–water partition coefficient (Wildman–Crippen LogP) is 1.66. The van der Waals surface area contributed by atoms with E-state index in [1.54, 1.807) is 20.8 Å². The van der Waals surface area contributed by atoms with E-state index in [0.717, 1.165) is 6.42 Å². The zero-order valence-electron chi connectivity index (χ0n) is 12.3. The van der Waals surface area contributed by atoms with Gasteiger partial charge in [-0.1, -0.05) is 13.3 Å². The molecule has 0 bridgehead atoms. The monoisotopic (exact) mass is 269 g/mol. The summed E-state index contributed by atoms with van der Waals surface area (Å²) in [6.45, 7) is 7.07. The van der Waals surface area contributed by atoms with Crippen molar-refractivity contribution in [2.75, 3.05) is 13.6 Å². The zero-order chi connectivity index (χ0) is 15.1. The Labute approximate surface area is 114 Å². The van der Waals surface area contributed by atoms with Gasteiger partial charge in [0.15, 0.2) is 0 Å². The molecule has 0 saturated heterocycles. The molecule has 1 atom stereocenters. The summed E-state index contributed by atoms with van der Waals surface area (Å²) < 4.78 is 5.12. The number of carbonyl (C=O) groups is 2. The molecule has 1 unspecified atom stereocenters. The average molecular weight is 269 g/mol. The highest BCUT2D eigenvalue weighted by Crippen LogP contribution is 2.08. The molecule has 0 aliphatic rings. The predicted molar refractivity (Wildman–Crippen MR) is 71.3 cm³/mol. The lowest BCUT2D eigenvalue weighted by atomic mass is 10.2. The van der Waals surface area contributed by atoms with Crippen LogP contribution in [-0.2, 0) is 9.53 Å². The van der Waals surface area contributed by atoms with Crippen LogP contribution in [0.25, 0.3) is 0 Å². The van der Waals surface area contributed by atoms with Gasteiger partial charge in [0.25, 0.3) is 0 Å². The van der Waals surface area contributed by atoms with Crippen LogP contribution in [0.1, 0.15) is 40.5 Å². The van der Waals surface area contributed by atoms with Crippen molar-refractivity contribution in [3.05, 3.63) is 0 Å². The van der Waals surface area contributed by atoms with Gasteiger partial charge in [-0.3, -0.25) is 4.79 Å². The molecule has 0 saturated carbocycles. The zero-order valence-corrected chi connectivity index (χ0v) is 12.3. The molecule has 0 rings (SSSR count). The van der Waals surface area contributed by atoms with Gasteiger partial charge in [0.05, 0.1) is 6.07 Å². The maximum Gasteiger partial charge on any atom is 0.410 e. The van der Waals surface area contributed by atoms with Crippen molar-refractivity contribution < 1.29 is 14.3 Å². The average Bonchev–Trinajstić information content (AvgIpc) is 2.25. The molecule has 6 heteroatoms. The van der Waals surface area contributed by atoms with Crippen LogP contribution in [0.5, 0.6) is 0 Å². The molecule has 0 spiro atoms. The number of nitrogens with one attached hydrogen (secondary N) is 1. The minimum atomic E-state index is -0.598. The minimum Gasteiger partial charge on any atom is -0.444 e. The van der Waals surface area contributed by atoms with Gasteiger partial charge < -0.3 is 15.0 Å². The lowest BCUT2D eigenvalue weighted by Gasteiger charge is -2.24. The van der Waals surface area contributed by atoms with E-state index in [4.69, 9.17) is 10.00 Å². The van der Waals surface area contributed by atoms with E-state index in [1.165, 1.54) is 11.9 Å². The Kier molecular flexibility index (Phi) is 6.91. The third-order valence-corrected chi connectivity index (χ3v) is 2.15. The van der Waals surface area contributed by atoms with Gasteiger partial charge in [-0.25, -0.2) is 4.79 Å². The second kappa shape index (κ2) is 7.62. The Morgan fingerprint density at radius 3 is 2.42 bits per heavy atom. The van der Waals surface area contributed by atoms with Gasteiger partial charge in [-0.15, -0.1) is 0 Å². The van der Waals surface area contributed by atoms with Gasteiger partial charge in [0.1, 0.15) is 18.2 Å². The molecule has 0 heterocycles. The molecule has 0 aromatic carbocycles. The van der Waals surface area contributed by atoms with Crippen LogP contribution in [0.4, 0.5) is 4.79 Å². The van der Waals surface area contributed by atoms with E-state index in [0.29, 0.717) is 6.42 Å². The standard InChI is InChI=1S/C13H23N3O3/c1-6-7-10(8-14)15-11(17)9-16(5)12(18)19-13(2,3)4/h10H,6-7,9H2,1-5H3,(H,15,17).